The summed E-state index contributed by atoms with van der Waals surface area (Å²) in [5.74, 6) is 0.886. The number of nitrogens with zero attached hydrogens (tertiary/aromatic N) is 2. The van der Waals surface area contributed by atoms with E-state index in [0.717, 1.165) is 31.8 Å². The summed E-state index contributed by atoms with van der Waals surface area (Å²) in [5.41, 5.74) is 1.62. The molecule has 2 aliphatic rings. The summed E-state index contributed by atoms with van der Waals surface area (Å²) < 4.78 is 5.47. The third kappa shape index (κ3) is 6.18. The van der Waals surface area contributed by atoms with Crippen molar-refractivity contribution in [2.75, 3.05) is 26.2 Å². The van der Waals surface area contributed by atoms with Crippen LogP contribution >= 0.6 is 0 Å². The fourth-order valence-electron chi connectivity index (χ4n) is 4.54. The maximum absolute atomic E-state index is 11.0. The third-order valence-corrected chi connectivity index (χ3v) is 6.08. The highest BCUT2D eigenvalue weighted by Gasteiger charge is 2.30. The van der Waals surface area contributed by atoms with Crippen molar-refractivity contribution in [3.05, 3.63) is 59.5 Å². The second kappa shape index (κ2) is 10.9. The minimum Gasteiger partial charge on any atom is -0.483 e. The molecule has 0 amide bonds. The molecule has 0 bridgehead atoms. The van der Waals surface area contributed by atoms with Crippen molar-refractivity contribution >= 4 is 12.4 Å². The molecular weight excluding hydrogens is 384 g/mol. The Morgan fingerprint density at radius 2 is 1.80 bits per heavy atom. The van der Waals surface area contributed by atoms with Gasteiger partial charge in [0.05, 0.1) is 18.4 Å². The summed E-state index contributed by atoms with van der Waals surface area (Å²) in [6, 6.07) is 12.1. The number of aromatic carboxylic acids is 1. The van der Waals surface area contributed by atoms with Crippen molar-refractivity contribution < 1.29 is 24.2 Å². The van der Waals surface area contributed by atoms with E-state index in [2.05, 4.69) is 15.9 Å². The highest BCUT2D eigenvalue weighted by molar-refractivity contribution is 5.87. The van der Waals surface area contributed by atoms with E-state index >= 15 is 0 Å². The summed E-state index contributed by atoms with van der Waals surface area (Å²) in [6.07, 6.45) is 6.52. The topological polar surface area (TPSA) is 94.2 Å². The molecule has 3 heterocycles. The van der Waals surface area contributed by atoms with E-state index in [1.54, 1.807) is 18.4 Å². The van der Waals surface area contributed by atoms with Gasteiger partial charge in [0.25, 0.3) is 6.47 Å². The number of hydrogen-bond donors (Lipinski definition) is 2. The van der Waals surface area contributed by atoms with Crippen LogP contribution in [0.5, 0.6) is 0 Å². The Labute approximate surface area is 176 Å². The molecule has 2 fully saturated rings. The average Bonchev–Trinajstić information content (AvgIpc) is 3.42. The van der Waals surface area contributed by atoms with Gasteiger partial charge >= 0.3 is 5.97 Å². The molecule has 7 nitrogen and oxygen atoms in total. The predicted octanol–water partition coefficient (Wildman–Crippen LogP) is 3.21. The Bertz CT molecular complexity index is 782. The second-order valence-corrected chi connectivity index (χ2v) is 8.05. The molecule has 2 aromatic rings. The number of piperidine rings is 1. The summed E-state index contributed by atoms with van der Waals surface area (Å²) in [6.45, 7) is 5.32. The zero-order valence-corrected chi connectivity index (χ0v) is 17.2. The number of carbonyl (C=O) groups is 2. The van der Waals surface area contributed by atoms with Gasteiger partial charge in [0.1, 0.15) is 5.76 Å². The van der Waals surface area contributed by atoms with Gasteiger partial charge in [-0.25, -0.2) is 4.79 Å². The van der Waals surface area contributed by atoms with Crippen molar-refractivity contribution in [1.82, 2.24) is 9.80 Å². The van der Waals surface area contributed by atoms with Gasteiger partial charge < -0.3 is 14.6 Å². The number of rotatable bonds is 6. The third-order valence-electron chi connectivity index (χ3n) is 6.08. The normalized spacial score (nSPS) is 20.5. The summed E-state index contributed by atoms with van der Waals surface area (Å²) in [4.78, 5) is 24.5. The fourth-order valence-corrected chi connectivity index (χ4v) is 4.54. The number of benzene rings is 1. The monoisotopic (exact) mass is 414 g/mol. The van der Waals surface area contributed by atoms with Crippen LogP contribution in [0.2, 0.25) is 0 Å². The van der Waals surface area contributed by atoms with Crippen LogP contribution in [-0.2, 0) is 17.8 Å². The van der Waals surface area contributed by atoms with E-state index in [9.17, 15) is 4.79 Å². The van der Waals surface area contributed by atoms with Crippen LogP contribution < -0.4 is 0 Å². The van der Waals surface area contributed by atoms with Gasteiger partial charge in [0.15, 0.2) is 0 Å². The van der Waals surface area contributed by atoms with Gasteiger partial charge in [-0.3, -0.25) is 14.6 Å². The van der Waals surface area contributed by atoms with E-state index in [-0.39, 0.29) is 6.47 Å². The number of hydrogen-bond acceptors (Lipinski definition) is 5. The van der Waals surface area contributed by atoms with Crippen LogP contribution in [-0.4, -0.2) is 64.7 Å². The quantitative estimate of drug-likeness (QED) is 0.701. The van der Waals surface area contributed by atoms with E-state index in [4.69, 9.17) is 19.4 Å². The van der Waals surface area contributed by atoms with Gasteiger partial charge in [0, 0.05) is 25.7 Å². The molecule has 2 N–H and O–H groups in total. The first kappa shape index (κ1) is 22.1. The molecule has 0 radical (unpaired) electrons. The van der Waals surface area contributed by atoms with Gasteiger partial charge in [-0.15, -0.1) is 0 Å². The van der Waals surface area contributed by atoms with Gasteiger partial charge in [-0.05, 0) is 68.0 Å². The van der Waals surface area contributed by atoms with Crippen LogP contribution in [0.3, 0.4) is 0 Å². The molecule has 0 saturated carbocycles. The van der Waals surface area contributed by atoms with Crippen molar-refractivity contribution in [1.29, 1.82) is 0 Å². The molecular formula is C23H30N2O5. The lowest BCUT2D eigenvalue weighted by molar-refractivity contribution is -0.122. The molecule has 1 aromatic carbocycles. The minimum absolute atomic E-state index is 0.250. The van der Waals surface area contributed by atoms with Crippen LogP contribution in [0.4, 0.5) is 0 Å². The lowest BCUT2D eigenvalue weighted by Gasteiger charge is -2.36. The highest BCUT2D eigenvalue weighted by Crippen LogP contribution is 2.27. The van der Waals surface area contributed by atoms with E-state index in [1.807, 2.05) is 18.2 Å². The van der Waals surface area contributed by atoms with E-state index < -0.39 is 5.97 Å². The van der Waals surface area contributed by atoms with Crippen molar-refractivity contribution in [3.8, 4) is 0 Å². The van der Waals surface area contributed by atoms with Crippen molar-refractivity contribution in [2.24, 2.45) is 5.92 Å². The molecule has 1 atom stereocenters. The Morgan fingerprint density at radius 3 is 2.40 bits per heavy atom. The molecule has 1 aromatic heterocycles. The maximum atomic E-state index is 11.0. The number of likely N-dealkylation sites (tertiary alicyclic amines) is 2. The predicted molar refractivity (Wildman–Crippen MR) is 112 cm³/mol. The zero-order chi connectivity index (χ0) is 21.3. The van der Waals surface area contributed by atoms with Gasteiger partial charge in [-0.1, -0.05) is 12.1 Å². The second-order valence-electron chi connectivity index (χ2n) is 8.05. The smallest absolute Gasteiger partial charge is 0.335 e. The van der Waals surface area contributed by atoms with Crippen LogP contribution in [0.15, 0.2) is 47.1 Å². The van der Waals surface area contributed by atoms with Gasteiger partial charge in [-0.2, -0.15) is 0 Å². The van der Waals surface area contributed by atoms with Crippen LogP contribution in [0, 0.1) is 5.92 Å². The van der Waals surface area contributed by atoms with Gasteiger partial charge in [0.2, 0.25) is 0 Å². The first-order valence-electron chi connectivity index (χ1n) is 10.5. The zero-order valence-electron chi connectivity index (χ0n) is 17.2. The summed E-state index contributed by atoms with van der Waals surface area (Å²) >= 11 is 0. The number of carboxylic acids is 1. The molecule has 4 rings (SSSR count). The fraction of sp³-hybridized carbons (Fsp3) is 0.478. The first-order chi connectivity index (χ1) is 14.6. The first-order valence-corrected chi connectivity index (χ1v) is 10.5. The molecule has 7 heteroatoms. The lowest BCUT2D eigenvalue weighted by atomic mass is 9.97. The highest BCUT2D eigenvalue weighted by atomic mass is 16.4. The molecule has 162 valence electrons. The largest absolute Gasteiger partial charge is 0.483 e. The molecule has 0 spiro atoms. The summed E-state index contributed by atoms with van der Waals surface area (Å²) in [7, 11) is 0. The SMILES string of the molecule is O=C(O)c1ccc(CC2CCN(C3CCN(Cc4ccco4)CC3)C2)cc1.O=CO. The Morgan fingerprint density at radius 1 is 1.10 bits per heavy atom. The standard InChI is InChI=1S/C22H28N2O3.CH2O2/c25-22(26)19-5-3-17(4-6-19)14-18-7-12-24(15-18)20-8-10-23(11-9-20)16-21-2-1-13-27-21;2-1-3/h1-6,13,18,20H,7-12,14-16H2,(H,25,26);1H,(H,2,3). The molecule has 0 aliphatic carbocycles. The van der Waals surface area contributed by atoms with E-state index in [1.165, 1.54) is 37.9 Å². The molecule has 1 unspecified atom stereocenters. The summed E-state index contributed by atoms with van der Waals surface area (Å²) in [5, 5.41) is 15.9. The average molecular weight is 415 g/mol. The van der Waals surface area contributed by atoms with Crippen molar-refractivity contribution in [3.63, 3.8) is 0 Å². The lowest BCUT2D eigenvalue weighted by Crippen LogP contribution is -2.43. The number of carboxylic acid groups (broad SMARTS) is 2. The molecule has 30 heavy (non-hydrogen) atoms. The van der Waals surface area contributed by atoms with E-state index in [0.29, 0.717) is 17.5 Å². The Kier molecular flexibility index (Phi) is 8.04. The Balaban J connectivity index is 0.000000806. The Hall–Kier alpha value is -2.64. The van der Waals surface area contributed by atoms with Crippen LogP contribution in [0.1, 0.15) is 40.9 Å². The number of furan rings is 1. The molecule has 2 saturated heterocycles. The molecule has 2 aliphatic heterocycles. The van der Waals surface area contributed by atoms with Crippen LogP contribution in [0.25, 0.3) is 0 Å². The maximum Gasteiger partial charge on any atom is 0.335 e. The van der Waals surface area contributed by atoms with Crippen molar-refractivity contribution in [2.45, 2.75) is 38.3 Å². The minimum atomic E-state index is -0.855.